The van der Waals surface area contributed by atoms with E-state index in [1.807, 2.05) is 45.9 Å². The van der Waals surface area contributed by atoms with Crippen molar-refractivity contribution in [2.24, 2.45) is 0 Å². The number of hydrogen-bond acceptors (Lipinski definition) is 4. The lowest BCUT2D eigenvalue weighted by Crippen LogP contribution is -2.41. The van der Waals surface area contributed by atoms with Crippen LogP contribution in [-0.4, -0.2) is 23.8 Å². The van der Waals surface area contributed by atoms with Gasteiger partial charge in [0.15, 0.2) is 0 Å². The SMILES string of the molecule is CCC(C)Oc1ccc(C(=O)NNC(=O)CCC(=O)Nc2ccc(C)cc2C)cc1. The molecule has 0 bridgehead atoms. The predicted octanol–water partition coefficient (Wildman–Crippen LogP) is 3.66. The first-order valence-electron chi connectivity index (χ1n) is 10.0. The molecule has 0 aliphatic carbocycles. The van der Waals surface area contributed by atoms with Crippen LogP contribution in [0.5, 0.6) is 5.75 Å². The third-order valence-electron chi connectivity index (χ3n) is 4.58. The Morgan fingerprint density at radius 2 is 1.60 bits per heavy atom. The number of rotatable bonds is 8. The van der Waals surface area contributed by atoms with Crippen LogP contribution >= 0.6 is 0 Å². The van der Waals surface area contributed by atoms with Gasteiger partial charge in [-0.3, -0.25) is 25.2 Å². The monoisotopic (exact) mass is 411 g/mol. The second kappa shape index (κ2) is 11.0. The molecule has 2 rings (SSSR count). The molecule has 2 aromatic rings. The Kier molecular flexibility index (Phi) is 8.41. The van der Waals surface area contributed by atoms with E-state index in [-0.39, 0.29) is 24.9 Å². The molecule has 0 aliphatic heterocycles. The summed E-state index contributed by atoms with van der Waals surface area (Å²) in [6.45, 7) is 7.89. The molecule has 0 aliphatic rings. The number of hydrazine groups is 1. The third kappa shape index (κ3) is 7.24. The van der Waals surface area contributed by atoms with Gasteiger partial charge in [-0.2, -0.15) is 0 Å². The molecule has 7 nitrogen and oxygen atoms in total. The molecule has 0 spiro atoms. The Morgan fingerprint density at radius 1 is 0.933 bits per heavy atom. The van der Waals surface area contributed by atoms with Crippen molar-refractivity contribution in [1.82, 2.24) is 10.9 Å². The Balaban J connectivity index is 1.74. The Bertz CT molecular complexity index is 894. The summed E-state index contributed by atoms with van der Waals surface area (Å²) in [5.41, 5.74) is 7.85. The Hall–Kier alpha value is -3.35. The van der Waals surface area contributed by atoms with Crippen molar-refractivity contribution >= 4 is 23.4 Å². The maximum absolute atomic E-state index is 12.1. The number of benzene rings is 2. The second-order valence-corrected chi connectivity index (χ2v) is 7.23. The number of aryl methyl sites for hydroxylation is 2. The van der Waals surface area contributed by atoms with Crippen molar-refractivity contribution < 1.29 is 19.1 Å². The summed E-state index contributed by atoms with van der Waals surface area (Å²) in [7, 11) is 0. The van der Waals surface area contributed by atoms with Gasteiger partial charge in [0.25, 0.3) is 5.91 Å². The first-order valence-corrected chi connectivity index (χ1v) is 10.0. The summed E-state index contributed by atoms with van der Waals surface area (Å²) >= 11 is 0. The smallest absolute Gasteiger partial charge is 0.269 e. The number of anilines is 1. The largest absolute Gasteiger partial charge is 0.491 e. The zero-order valence-corrected chi connectivity index (χ0v) is 17.9. The van der Waals surface area contributed by atoms with Gasteiger partial charge < -0.3 is 10.1 Å². The van der Waals surface area contributed by atoms with E-state index in [0.29, 0.717) is 11.3 Å². The van der Waals surface area contributed by atoms with Gasteiger partial charge in [-0.1, -0.05) is 24.6 Å². The molecule has 1 unspecified atom stereocenters. The van der Waals surface area contributed by atoms with Crippen molar-refractivity contribution in [3.63, 3.8) is 0 Å². The molecule has 0 radical (unpaired) electrons. The first-order chi connectivity index (χ1) is 14.3. The van der Waals surface area contributed by atoms with E-state index in [0.717, 1.165) is 23.2 Å². The fourth-order valence-electron chi connectivity index (χ4n) is 2.66. The van der Waals surface area contributed by atoms with Crippen LogP contribution in [-0.2, 0) is 9.59 Å². The molecule has 2 aromatic carbocycles. The molecular weight excluding hydrogens is 382 g/mol. The number of amides is 3. The highest BCUT2D eigenvalue weighted by molar-refractivity contribution is 5.96. The fourth-order valence-corrected chi connectivity index (χ4v) is 2.66. The van der Waals surface area contributed by atoms with E-state index in [4.69, 9.17) is 4.74 Å². The zero-order valence-electron chi connectivity index (χ0n) is 17.9. The van der Waals surface area contributed by atoms with Crippen molar-refractivity contribution in [2.45, 2.75) is 53.1 Å². The maximum atomic E-state index is 12.1. The molecular formula is C23H29N3O4. The highest BCUT2D eigenvalue weighted by Crippen LogP contribution is 2.16. The molecule has 3 amide bonds. The molecule has 160 valence electrons. The lowest BCUT2D eigenvalue weighted by molar-refractivity contribution is -0.124. The van der Waals surface area contributed by atoms with Crippen LogP contribution in [0.4, 0.5) is 5.69 Å². The summed E-state index contributed by atoms with van der Waals surface area (Å²) in [5, 5.41) is 2.79. The lowest BCUT2D eigenvalue weighted by Gasteiger charge is -2.13. The van der Waals surface area contributed by atoms with Crippen molar-refractivity contribution in [1.29, 1.82) is 0 Å². The summed E-state index contributed by atoms with van der Waals surface area (Å²) in [4.78, 5) is 36.1. The van der Waals surface area contributed by atoms with Crippen molar-refractivity contribution in [3.8, 4) is 5.75 Å². The van der Waals surface area contributed by atoms with Crippen molar-refractivity contribution in [3.05, 3.63) is 59.2 Å². The van der Waals surface area contributed by atoms with E-state index >= 15 is 0 Å². The Labute approximate surface area is 177 Å². The summed E-state index contributed by atoms with van der Waals surface area (Å²) in [6.07, 6.45) is 0.947. The standard InChI is InChI=1S/C23H29N3O4/c1-5-17(4)30-19-9-7-18(8-10-19)23(29)26-25-22(28)13-12-21(27)24-20-11-6-15(2)14-16(20)3/h6-11,14,17H,5,12-13H2,1-4H3,(H,24,27)(H,25,28)(H,26,29). The van der Waals surface area contributed by atoms with Gasteiger partial charge in [-0.25, -0.2) is 0 Å². The van der Waals surface area contributed by atoms with E-state index in [9.17, 15) is 14.4 Å². The predicted molar refractivity (Wildman–Crippen MR) is 116 cm³/mol. The van der Waals surface area contributed by atoms with Crippen LogP contribution in [0.2, 0.25) is 0 Å². The first kappa shape index (κ1) is 22.9. The van der Waals surface area contributed by atoms with Crippen LogP contribution in [0.3, 0.4) is 0 Å². The van der Waals surface area contributed by atoms with Crippen LogP contribution in [0.1, 0.15) is 54.6 Å². The fraction of sp³-hybridized carbons (Fsp3) is 0.348. The summed E-state index contributed by atoms with van der Waals surface area (Å²) < 4.78 is 5.67. The molecule has 0 fully saturated rings. The Morgan fingerprint density at radius 3 is 2.23 bits per heavy atom. The zero-order chi connectivity index (χ0) is 22.1. The van der Waals surface area contributed by atoms with Gasteiger partial charge in [0.05, 0.1) is 6.10 Å². The van der Waals surface area contributed by atoms with E-state index < -0.39 is 11.8 Å². The average molecular weight is 412 g/mol. The number of carbonyl (C=O) groups excluding carboxylic acids is 3. The van der Waals surface area contributed by atoms with Crippen LogP contribution < -0.4 is 20.9 Å². The lowest BCUT2D eigenvalue weighted by atomic mass is 10.1. The summed E-state index contributed by atoms with van der Waals surface area (Å²) in [5.74, 6) is -0.478. The molecule has 0 saturated heterocycles. The maximum Gasteiger partial charge on any atom is 0.269 e. The average Bonchev–Trinajstić information content (AvgIpc) is 2.73. The highest BCUT2D eigenvalue weighted by atomic mass is 16.5. The third-order valence-corrected chi connectivity index (χ3v) is 4.58. The number of ether oxygens (including phenoxy) is 1. The minimum atomic E-state index is -0.448. The van der Waals surface area contributed by atoms with E-state index in [1.165, 1.54) is 0 Å². The molecule has 0 heterocycles. The molecule has 7 heteroatoms. The van der Waals surface area contributed by atoms with Crippen LogP contribution in [0.15, 0.2) is 42.5 Å². The number of carbonyl (C=O) groups is 3. The van der Waals surface area contributed by atoms with E-state index in [1.54, 1.807) is 24.3 Å². The van der Waals surface area contributed by atoms with Crippen molar-refractivity contribution in [2.75, 3.05) is 5.32 Å². The minimum absolute atomic E-state index is 0.0106. The van der Waals surface area contributed by atoms with Gasteiger partial charge in [-0.05, 0) is 63.1 Å². The molecule has 0 aromatic heterocycles. The topological polar surface area (TPSA) is 96.5 Å². The minimum Gasteiger partial charge on any atom is -0.491 e. The molecule has 0 saturated carbocycles. The second-order valence-electron chi connectivity index (χ2n) is 7.23. The van der Waals surface area contributed by atoms with Crippen LogP contribution in [0, 0.1) is 13.8 Å². The van der Waals surface area contributed by atoms with Gasteiger partial charge in [-0.15, -0.1) is 0 Å². The summed E-state index contributed by atoms with van der Waals surface area (Å²) in [6, 6.07) is 12.4. The van der Waals surface area contributed by atoms with E-state index in [2.05, 4.69) is 16.2 Å². The quantitative estimate of drug-likeness (QED) is 0.578. The van der Waals surface area contributed by atoms with Gasteiger partial charge in [0.1, 0.15) is 5.75 Å². The van der Waals surface area contributed by atoms with Gasteiger partial charge >= 0.3 is 0 Å². The van der Waals surface area contributed by atoms with Crippen LogP contribution in [0.25, 0.3) is 0 Å². The molecule has 3 N–H and O–H groups in total. The van der Waals surface area contributed by atoms with Gasteiger partial charge in [0, 0.05) is 24.1 Å². The highest BCUT2D eigenvalue weighted by Gasteiger charge is 2.11. The number of hydrogen-bond donors (Lipinski definition) is 3. The normalized spacial score (nSPS) is 11.3. The molecule has 30 heavy (non-hydrogen) atoms. The van der Waals surface area contributed by atoms with Gasteiger partial charge in [0.2, 0.25) is 11.8 Å². The number of nitrogens with one attached hydrogen (secondary N) is 3. The molecule has 1 atom stereocenters.